The van der Waals surface area contributed by atoms with Crippen LogP contribution in [0.1, 0.15) is 39.2 Å². The minimum absolute atomic E-state index is 0.000163. The number of amides is 2. The highest BCUT2D eigenvalue weighted by Crippen LogP contribution is 2.19. The van der Waals surface area contributed by atoms with Crippen molar-refractivity contribution in [1.29, 1.82) is 0 Å². The molecule has 1 atom stereocenters. The highest BCUT2D eigenvalue weighted by Gasteiger charge is 2.16. The maximum absolute atomic E-state index is 12.0. The van der Waals surface area contributed by atoms with E-state index in [0.29, 0.717) is 11.6 Å². The van der Waals surface area contributed by atoms with Crippen LogP contribution in [0.5, 0.6) is 0 Å². The molecule has 21 heavy (non-hydrogen) atoms. The van der Waals surface area contributed by atoms with E-state index >= 15 is 0 Å². The number of nitrogens with zero attached hydrogens (tertiary/aromatic N) is 1. The molecule has 0 saturated carbocycles. The van der Waals surface area contributed by atoms with E-state index in [1.54, 1.807) is 23.1 Å². The van der Waals surface area contributed by atoms with Gasteiger partial charge in [0.15, 0.2) is 0 Å². The Morgan fingerprint density at radius 2 is 2.05 bits per heavy atom. The number of benzene rings is 1. The van der Waals surface area contributed by atoms with Crippen molar-refractivity contribution < 1.29 is 9.59 Å². The van der Waals surface area contributed by atoms with Gasteiger partial charge in [0.25, 0.3) is 0 Å². The van der Waals surface area contributed by atoms with Crippen molar-refractivity contribution in [3.63, 3.8) is 0 Å². The second-order valence-electron chi connectivity index (χ2n) is 5.23. The molecule has 0 bridgehead atoms. The average molecular weight is 311 g/mol. The van der Waals surface area contributed by atoms with Crippen LogP contribution in [-0.4, -0.2) is 29.3 Å². The van der Waals surface area contributed by atoms with Crippen LogP contribution < -0.4 is 5.32 Å². The monoisotopic (exact) mass is 310 g/mol. The van der Waals surface area contributed by atoms with Gasteiger partial charge in [-0.2, -0.15) is 0 Å². The van der Waals surface area contributed by atoms with E-state index in [9.17, 15) is 9.59 Å². The van der Waals surface area contributed by atoms with Crippen molar-refractivity contribution in [2.45, 2.75) is 46.6 Å². The number of nitrogens with one attached hydrogen (secondary N) is 1. The van der Waals surface area contributed by atoms with Gasteiger partial charge in [-0.15, -0.1) is 0 Å². The molecule has 1 aromatic carbocycles. The predicted molar refractivity (Wildman–Crippen MR) is 86.6 cm³/mol. The fourth-order valence-electron chi connectivity index (χ4n) is 2.11. The molecule has 0 aliphatic rings. The number of carbonyl (C=O) groups excluding carboxylic acids is 2. The van der Waals surface area contributed by atoms with Crippen molar-refractivity contribution in [1.82, 2.24) is 4.90 Å². The Morgan fingerprint density at radius 1 is 1.38 bits per heavy atom. The standard InChI is InChI=1S/C16H23ClN2O2/c1-5-12(3)19(13(4)20)9-8-16(21)18-15-7-6-14(17)10-11(15)2/h6-7,10,12H,5,8-9H2,1-4H3,(H,18,21). The van der Waals surface area contributed by atoms with Crippen molar-refractivity contribution in [2.75, 3.05) is 11.9 Å². The largest absolute Gasteiger partial charge is 0.340 e. The summed E-state index contributed by atoms with van der Waals surface area (Å²) in [5, 5.41) is 3.50. The zero-order chi connectivity index (χ0) is 16.0. The number of carbonyl (C=O) groups is 2. The molecular formula is C16H23ClN2O2. The second-order valence-corrected chi connectivity index (χ2v) is 5.66. The zero-order valence-electron chi connectivity index (χ0n) is 13.1. The van der Waals surface area contributed by atoms with Crippen LogP contribution in [0.4, 0.5) is 5.69 Å². The maximum atomic E-state index is 12.0. The van der Waals surface area contributed by atoms with Crippen LogP contribution in [0, 0.1) is 6.92 Å². The number of halogens is 1. The van der Waals surface area contributed by atoms with Crippen LogP contribution in [0.25, 0.3) is 0 Å². The number of anilines is 1. The van der Waals surface area contributed by atoms with Gasteiger partial charge in [-0.05, 0) is 44.0 Å². The molecule has 0 aromatic heterocycles. The molecule has 1 unspecified atom stereocenters. The highest BCUT2D eigenvalue weighted by atomic mass is 35.5. The first kappa shape index (κ1) is 17.5. The van der Waals surface area contributed by atoms with Gasteiger partial charge < -0.3 is 10.2 Å². The van der Waals surface area contributed by atoms with Crippen molar-refractivity contribution >= 4 is 29.1 Å². The van der Waals surface area contributed by atoms with E-state index in [1.165, 1.54) is 6.92 Å². The van der Waals surface area contributed by atoms with Crippen molar-refractivity contribution in [3.05, 3.63) is 28.8 Å². The normalized spacial score (nSPS) is 11.9. The summed E-state index contributed by atoms with van der Waals surface area (Å²) in [6, 6.07) is 5.48. The third-order valence-electron chi connectivity index (χ3n) is 3.57. The van der Waals surface area contributed by atoms with E-state index in [2.05, 4.69) is 5.32 Å². The lowest BCUT2D eigenvalue weighted by Gasteiger charge is -2.27. The molecule has 0 spiro atoms. The van der Waals surface area contributed by atoms with E-state index in [-0.39, 0.29) is 24.3 Å². The lowest BCUT2D eigenvalue weighted by atomic mass is 10.2. The molecule has 4 nitrogen and oxygen atoms in total. The fraction of sp³-hybridized carbons (Fsp3) is 0.500. The molecule has 1 rings (SSSR count). The molecule has 1 N–H and O–H groups in total. The first-order valence-electron chi connectivity index (χ1n) is 7.18. The summed E-state index contributed by atoms with van der Waals surface area (Å²) >= 11 is 5.88. The summed E-state index contributed by atoms with van der Waals surface area (Å²) in [5.74, 6) is -0.102. The second kappa shape index (κ2) is 8.03. The van der Waals surface area contributed by atoms with Gasteiger partial charge in [0.1, 0.15) is 0 Å². The quantitative estimate of drug-likeness (QED) is 0.872. The summed E-state index contributed by atoms with van der Waals surface area (Å²) in [6.45, 7) is 7.87. The van der Waals surface area contributed by atoms with Crippen molar-refractivity contribution in [2.24, 2.45) is 0 Å². The van der Waals surface area contributed by atoms with Crippen LogP contribution in [0.15, 0.2) is 18.2 Å². The number of aryl methyl sites for hydroxylation is 1. The summed E-state index contributed by atoms with van der Waals surface area (Å²) in [5.41, 5.74) is 1.67. The van der Waals surface area contributed by atoms with E-state index in [4.69, 9.17) is 11.6 Å². The third-order valence-corrected chi connectivity index (χ3v) is 3.80. The minimum Gasteiger partial charge on any atom is -0.340 e. The van der Waals surface area contributed by atoms with Crippen LogP contribution in [-0.2, 0) is 9.59 Å². The molecule has 116 valence electrons. The summed E-state index contributed by atoms with van der Waals surface area (Å²) in [6.07, 6.45) is 1.16. The smallest absolute Gasteiger partial charge is 0.226 e. The SMILES string of the molecule is CCC(C)N(CCC(=O)Nc1ccc(Cl)cc1C)C(C)=O. The van der Waals surface area contributed by atoms with Gasteiger partial charge >= 0.3 is 0 Å². The Morgan fingerprint density at radius 3 is 2.57 bits per heavy atom. The summed E-state index contributed by atoms with van der Waals surface area (Å²) < 4.78 is 0. The minimum atomic E-state index is -0.102. The Labute approximate surface area is 131 Å². The Hall–Kier alpha value is -1.55. The molecule has 0 aliphatic carbocycles. The summed E-state index contributed by atoms with van der Waals surface area (Å²) in [7, 11) is 0. The third kappa shape index (κ3) is 5.38. The van der Waals surface area contributed by atoms with Gasteiger partial charge in [-0.3, -0.25) is 9.59 Å². The van der Waals surface area contributed by atoms with Crippen LogP contribution in [0.3, 0.4) is 0 Å². The molecule has 5 heteroatoms. The molecule has 0 radical (unpaired) electrons. The Balaban J connectivity index is 2.59. The molecule has 1 aromatic rings. The Bertz CT molecular complexity index is 517. The molecule has 0 saturated heterocycles. The average Bonchev–Trinajstić information content (AvgIpc) is 2.41. The van der Waals surface area contributed by atoms with E-state index in [1.807, 2.05) is 20.8 Å². The molecular weight excluding hydrogens is 288 g/mol. The lowest BCUT2D eigenvalue weighted by molar-refractivity contribution is -0.131. The Kier molecular flexibility index (Phi) is 6.69. The molecule has 0 fully saturated rings. The van der Waals surface area contributed by atoms with Crippen molar-refractivity contribution in [3.8, 4) is 0 Å². The molecule has 0 aliphatic heterocycles. The predicted octanol–water partition coefficient (Wildman–Crippen LogP) is 3.62. The summed E-state index contributed by atoms with van der Waals surface area (Å²) in [4.78, 5) is 25.3. The van der Waals surface area contributed by atoms with Gasteiger partial charge in [0.05, 0.1) is 0 Å². The zero-order valence-corrected chi connectivity index (χ0v) is 13.8. The number of rotatable bonds is 6. The van der Waals surface area contributed by atoms with E-state index < -0.39 is 0 Å². The highest BCUT2D eigenvalue weighted by molar-refractivity contribution is 6.30. The first-order valence-corrected chi connectivity index (χ1v) is 7.56. The number of hydrogen-bond donors (Lipinski definition) is 1. The first-order chi connectivity index (χ1) is 9.85. The van der Waals surface area contributed by atoms with E-state index in [0.717, 1.165) is 17.7 Å². The number of hydrogen-bond acceptors (Lipinski definition) is 2. The molecule has 2 amide bonds. The fourth-order valence-corrected chi connectivity index (χ4v) is 2.34. The van der Waals surface area contributed by atoms with Crippen LogP contribution in [0.2, 0.25) is 5.02 Å². The maximum Gasteiger partial charge on any atom is 0.226 e. The van der Waals surface area contributed by atoms with Gasteiger partial charge in [-0.1, -0.05) is 18.5 Å². The molecule has 0 heterocycles. The van der Waals surface area contributed by atoms with Gasteiger partial charge in [0, 0.05) is 36.6 Å². The topological polar surface area (TPSA) is 49.4 Å². The van der Waals surface area contributed by atoms with Gasteiger partial charge in [-0.25, -0.2) is 0 Å². The lowest BCUT2D eigenvalue weighted by Crippen LogP contribution is -2.38. The van der Waals surface area contributed by atoms with Crippen LogP contribution >= 0.6 is 11.6 Å². The van der Waals surface area contributed by atoms with Gasteiger partial charge in [0.2, 0.25) is 11.8 Å².